The van der Waals surface area contributed by atoms with Crippen LogP contribution in [0, 0.1) is 17.3 Å². The zero-order valence-corrected chi connectivity index (χ0v) is 10.8. The number of hydrogen-bond acceptors (Lipinski definition) is 1. The van der Waals surface area contributed by atoms with E-state index in [1.807, 2.05) is 0 Å². The molecule has 0 amide bonds. The van der Waals surface area contributed by atoms with Gasteiger partial charge in [0.05, 0.1) is 0 Å². The van der Waals surface area contributed by atoms with Crippen molar-refractivity contribution >= 4 is 5.78 Å². The van der Waals surface area contributed by atoms with E-state index in [1.54, 1.807) is 0 Å². The minimum atomic E-state index is 0.248. The Kier molecular flexibility index (Phi) is 4.36. The molecule has 1 rings (SSSR count). The minimum Gasteiger partial charge on any atom is -0.299 e. The molecule has 1 atom stereocenters. The van der Waals surface area contributed by atoms with Crippen molar-refractivity contribution in [2.45, 2.75) is 66.2 Å². The number of hydrogen-bond donors (Lipinski definition) is 0. The largest absolute Gasteiger partial charge is 0.299 e. The molecule has 1 fully saturated rings. The second-order valence-electron chi connectivity index (χ2n) is 5.70. The SMILES string of the molecule is CCC(CC)C(=O)C1CCCCC1(C)C. The average molecular weight is 210 g/mol. The average Bonchev–Trinajstić information content (AvgIpc) is 2.18. The van der Waals surface area contributed by atoms with E-state index in [2.05, 4.69) is 27.7 Å². The lowest BCUT2D eigenvalue weighted by Crippen LogP contribution is -2.37. The first-order valence-corrected chi connectivity index (χ1v) is 6.56. The quantitative estimate of drug-likeness (QED) is 0.679. The van der Waals surface area contributed by atoms with Gasteiger partial charge in [-0.1, -0.05) is 40.5 Å². The summed E-state index contributed by atoms with van der Waals surface area (Å²) in [5, 5.41) is 0. The summed E-state index contributed by atoms with van der Waals surface area (Å²) in [7, 11) is 0. The number of carbonyl (C=O) groups excluding carboxylic acids is 1. The van der Waals surface area contributed by atoms with Crippen LogP contribution in [0.1, 0.15) is 66.2 Å². The van der Waals surface area contributed by atoms with Gasteiger partial charge in [-0.25, -0.2) is 0 Å². The zero-order valence-electron chi connectivity index (χ0n) is 10.8. The van der Waals surface area contributed by atoms with Crippen molar-refractivity contribution in [1.82, 2.24) is 0 Å². The van der Waals surface area contributed by atoms with Gasteiger partial charge in [0, 0.05) is 11.8 Å². The van der Waals surface area contributed by atoms with E-state index in [9.17, 15) is 4.79 Å². The Morgan fingerprint density at radius 1 is 1.27 bits per heavy atom. The van der Waals surface area contributed by atoms with Crippen LogP contribution in [0.4, 0.5) is 0 Å². The van der Waals surface area contributed by atoms with Gasteiger partial charge in [-0.05, 0) is 31.1 Å². The van der Waals surface area contributed by atoms with E-state index in [0.29, 0.717) is 17.6 Å². The van der Waals surface area contributed by atoms with Crippen molar-refractivity contribution in [2.75, 3.05) is 0 Å². The van der Waals surface area contributed by atoms with Crippen LogP contribution in [0.5, 0.6) is 0 Å². The van der Waals surface area contributed by atoms with Gasteiger partial charge in [-0.3, -0.25) is 4.79 Å². The first-order chi connectivity index (χ1) is 7.03. The topological polar surface area (TPSA) is 17.1 Å². The van der Waals surface area contributed by atoms with Crippen molar-refractivity contribution in [2.24, 2.45) is 17.3 Å². The molecule has 0 spiro atoms. The Morgan fingerprint density at radius 2 is 1.87 bits per heavy atom. The molecular formula is C14H26O. The summed E-state index contributed by atoms with van der Waals surface area (Å²) in [5.74, 6) is 1.19. The lowest BCUT2D eigenvalue weighted by atomic mass is 9.65. The van der Waals surface area contributed by atoms with Crippen LogP contribution in [0.3, 0.4) is 0 Å². The molecule has 0 aromatic rings. The predicted molar refractivity (Wildman–Crippen MR) is 64.8 cm³/mol. The maximum Gasteiger partial charge on any atom is 0.139 e. The van der Waals surface area contributed by atoms with Gasteiger partial charge < -0.3 is 0 Å². The number of carbonyl (C=O) groups is 1. The predicted octanol–water partition coefficient (Wildman–Crippen LogP) is 4.21. The summed E-state index contributed by atoms with van der Waals surface area (Å²) in [6, 6.07) is 0. The van der Waals surface area contributed by atoms with E-state index in [-0.39, 0.29) is 5.41 Å². The van der Waals surface area contributed by atoms with Gasteiger partial charge in [-0.2, -0.15) is 0 Å². The Bertz CT molecular complexity index is 213. The molecule has 0 aromatic carbocycles. The molecular weight excluding hydrogens is 184 g/mol. The van der Waals surface area contributed by atoms with E-state index in [4.69, 9.17) is 0 Å². The zero-order chi connectivity index (χ0) is 11.5. The Morgan fingerprint density at radius 3 is 2.33 bits per heavy atom. The highest BCUT2D eigenvalue weighted by atomic mass is 16.1. The Balaban J connectivity index is 2.72. The summed E-state index contributed by atoms with van der Waals surface area (Å²) >= 11 is 0. The monoisotopic (exact) mass is 210 g/mol. The second kappa shape index (κ2) is 5.14. The molecule has 0 aliphatic heterocycles. The Hall–Kier alpha value is -0.330. The van der Waals surface area contributed by atoms with E-state index < -0.39 is 0 Å². The van der Waals surface area contributed by atoms with E-state index in [1.165, 1.54) is 19.3 Å². The standard InChI is InChI=1S/C14H26O/c1-5-11(6-2)13(15)12-9-7-8-10-14(12,3)4/h11-12H,5-10H2,1-4H3. The summed E-state index contributed by atoms with van der Waals surface area (Å²) in [6.45, 7) is 8.83. The number of Topliss-reactive ketones (excluding diaryl/α,β-unsaturated/α-hetero) is 1. The first kappa shape index (κ1) is 12.7. The van der Waals surface area contributed by atoms with Gasteiger partial charge in [0.25, 0.3) is 0 Å². The maximum absolute atomic E-state index is 12.4. The van der Waals surface area contributed by atoms with Crippen LogP contribution >= 0.6 is 0 Å². The number of rotatable bonds is 4. The summed E-state index contributed by atoms with van der Waals surface area (Å²) < 4.78 is 0. The van der Waals surface area contributed by atoms with Crippen LogP contribution in [0.25, 0.3) is 0 Å². The molecule has 1 heteroatoms. The molecule has 1 nitrogen and oxygen atoms in total. The second-order valence-corrected chi connectivity index (χ2v) is 5.70. The normalized spacial score (nSPS) is 25.5. The highest BCUT2D eigenvalue weighted by Crippen LogP contribution is 2.42. The molecule has 15 heavy (non-hydrogen) atoms. The Labute approximate surface area is 94.6 Å². The van der Waals surface area contributed by atoms with Crippen molar-refractivity contribution in [1.29, 1.82) is 0 Å². The molecule has 0 aromatic heterocycles. The fourth-order valence-electron chi connectivity index (χ4n) is 3.00. The van der Waals surface area contributed by atoms with Crippen LogP contribution in [-0.4, -0.2) is 5.78 Å². The van der Waals surface area contributed by atoms with Crippen LogP contribution < -0.4 is 0 Å². The molecule has 0 saturated heterocycles. The molecule has 1 aliphatic rings. The summed E-state index contributed by atoms with van der Waals surface area (Å²) in [6.07, 6.45) is 6.94. The number of ketones is 1. The highest BCUT2D eigenvalue weighted by molar-refractivity contribution is 5.84. The maximum atomic E-state index is 12.4. The van der Waals surface area contributed by atoms with Gasteiger partial charge in [0.2, 0.25) is 0 Å². The summed E-state index contributed by atoms with van der Waals surface area (Å²) in [5.41, 5.74) is 0.248. The van der Waals surface area contributed by atoms with Crippen LogP contribution in [0.2, 0.25) is 0 Å². The fraction of sp³-hybridized carbons (Fsp3) is 0.929. The molecule has 88 valence electrons. The third kappa shape index (κ3) is 2.83. The van der Waals surface area contributed by atoms with Crippen molar-refractivity contribution < 1.29 is 4.79 Å². The molecule has 0 bridgehead atoms. The third-order valence-electron chi connectivity index (χ3n) is 4.24. The van der Waals surface area contributed by atoms with Gasteiger partial charge in [0.1, 0.15) is 5.78 Å². The summed E-state index contributed by atoms with van der Waals surface area (Å²) in [4.78, 5) is 12.4. The van der Waals surface area contributed by atoms with Crippen molar-refractivity contribution in [3.05, 3.63) is 0 Å². The fourth-order valence-corrected chi connectivity index (χ4v) is 3.00. The van der Waals surface area contributed by atoms with Gasteiger partial charge >= 0.3 is 0 Å². The molecule has 0 radical (unpaired) electrons. The molecule has 1 aliphatic carbocycles. The third-order valence-corrected chi connectivity index (χ3v) is 4.24. The highest BCUT2D eigenvalue weighted by Gasteiger charge is 2.38. The molecule has 1 unspecified atom stereocenters. The molecule has 0 heterocycles. The van der Waals surface area contributed by atoms with Gasteiger partial charge in [-0.15, -0.1) is 0 Å². The van der Waals surface area contributed by atoms with Crippen LogP contribution in [0.15, 0.2) is 0 Å². The lowest BCUT2D eigenvalue weighted by molar-refractivity contribution is -0.132. The van der Waals surface area contributed by atoms with Crippen molar-refractivity contribution in [3.63, 3.8) is 0 Å². The smallest absolute Gasteiger partial charge is 0.139 e. The first-order valence-electron chi connectivity index (χ1n) is 6.56. The molecule has 0 N–H and O–H groups in total. The van der Waals surface area contributed by atoms with Crippen LogP contribution in [-0.2, 0) is 4.79 Å². The van der Waals surface area contributed by atoms with E-state index in [0.717, 1.165) is 19.3 Å². The molecule has 1 saturated carbocycles. The van der Waals surface area contributed by atoms with E-state index >= 15 is 0 Å². The van der Waals surface area contributed by atoms with Crippen molar-refractivity contribution in [3.8, 4) is 0 Å². The lowest BCUT2D eigenvalue weighted by Gasteiger charge is -2.39. The minimum absolute atomic E-state index is 0.248. The van der Waals surface area contributed by atoms with Gasteiger partial charge in [0.15, 0.2) is 0 Å².